The van der Waals surface area contributed by atoms with Gasteiger partial charge in [-0.2, -0.15) is 0 Å². The highest BCUT2D eigenvalue weighted by molar-refractivity contribution is 6.25. The summed E-state index contributed by atoms with van der Waals surface area (Å²) in [4.78, 5) is 0.420. The Morgan fingerprint density at radius 3 is 1.69 bits per heavy atom. The van der Waals surface area contributed by atoms with Gasteiger partial charge in [0.1, 0.15) is 22.3 Å². The minimum Gasteiger partial charge on any atom is -0.456 e. The summed E-state index contributed by atoms with van der Waals surface area (Å²) < 4.78 is 281. The SMILES string of the molecule is [2H]c1cc(-c2c([2H])c([2H])c(N(c3c([2H])c([2H])c(-c4c([2H])c([2H])c([2H])c([2H])c4[2H])c([2H])c3[2H])c3c([2H])c([2H])c([2H])c4oc5c(-c6c([2H])c([2H])c([2H])c([2H])c6[2H])c6c(oc7c([2H])c([2H])c([2H])c([2H])c76)c([2H])c5c34)c([2H])c2[2H])c([2H])c([2H])c1[2H]. The molecule has 8 aromatic carbocycles. The average Bonchev–Trinajstić information content (AvgIpc) is 3.69. The molecule has 3 heteroatoms. The molecule has 51 heavy (non-hydrogen) atoms. The molecule has 0 unspecified atom stereocenters. The minimum atomic E-state index is -1.26. The first-order valence-corrected chi connectivity index (χ1v) is 14.8. The zero-order valence-electron chi connectivity index (χ0n) is 55.3. The molecule has 2 aromatic heterocycles. The number of hydrogen-bond donors (Lipinski definition) is 0. The third-order valence-electron chi connectivity index (χ3n) is 7.76. The fraction of sp³-hybridized carbons (Fsp3) is 0. The number of furan rings is 2. The van der Waals surface area contributed by atoms with E-state index in [0.717, 1.165) is 6.07 Å². The number of rotatable bonds is 6. The molecule has 240 valence electrons. The van der Waals surface area contributed by atoms with Crippen molar-refractivity contribution in [3.8, 4) is 33.4 Å². The summed E-state index contributed by atoms with van der Waals surface area (Å²) in [5, 5.41) is -2.50. The Balaban J connectivity index is 1.49. The Hall–Kier alpha value is -6.84. The highest BCUT2D eigenvalue weighted by atomic mass is 16.3. The van der Waals surface area contributed by atoms with E-state index < -0.39 is 276 Å². The second kappa shape index (κ2) is 11.9. The maximum atomic E-state index is 9.89. The van der Waals surface area contributed by atoms with Crippen LogP contribution in [0.15, 0.2) is 196 Å². The van der Waals surface area contributed by atoms with Crippen molar-refractivity contribution < 1.29 is 50.0 Å². The molecule has 0 bridgehead atoms. The van der Waals surface area contributed by atoms with E-state index >= 15 is 0 Å². The van der Waals surface area contributed by atoms with E-state index in [9.17, 15) is 16.4 Å². The number of hydrogen-bond acceptors (Lipinski definition) is 3. The van der Waals surface area contributed by atoms with Crippen molar-refractivity contribution in [2.24, 2.45) is 0 Å². The summed E-state index contributed by atoms with van der Waals surface area (Å²) in [6.07, 6.45) is 0. The first-order valence-electron chi connectivity index (χ1n) is 29.8. The van der Waals surface area contributed by atoms with Crippen molar-refractivity contribution in [2.45, 2.75) is 0 Å². The van der Waals surface area contributed by atoms with E-state index in [2.05, 4.69) is 0 Å². The van der Waals surface area contributed by atoms with Gasteiger partial charge in [-0.25, -0.2) is 0 Å². The van der Waals surface area contributed by atoms with Crippen molar-refractivity contribution in [1.82, 2.24) is 0 Å². The molecular formula is C48H31NO2. The fourth-order valence-corrected chi connectivity index (χ4v) is 5.62. The normalized spacial score (nSPS) is 19.8. The van der Waals surface area contributed by atoms with Crippen LogP contribution in [0.3, 0.4) is 0 Å². The van der Waals surface area contributed by atoms with Gasteiger partial charge in [0.2, 0.25) is 0 Å². The molecule has 0 saturated heterocycles. The molecule has 0 radical (unpaired) electrons. The molecule has 2 heterocycles. The maximum Gasteiger partial charge on any atom is 0.144 e. The van der Waals surface area contributed by atoms with E-state index in [0.29, 0.717) is 4.90 Å². The van der Waals surface area contributed by atoms with Gasteiger partial charge >= 0.3 is 0 Å². The zero-order chi connectivity index (χ0) is 59.8. The van der Waals surface area contributed by atoms with Crippen LogP contribution in [0.5, 0.6) is 0 Å². The predicted octanol–water partition coefficient (Wildman–Crippen LogP) is 14.0. The maximum absolute atomic E-state index is 9.89. The lowest BCUT2D eigenvalue weighted by atomic mass is 9.96. The average molecular weight is 684 g/mol. The summed E-state index contributed by atoms with van der Waals surface area (Å²) in [6, 6.07) is -28.7. The van der Waals surface area contributed by atoms with Crippen LogP contribution in [0.25, 0.3) is 77.3 Å². The molecule has 3 nitrogen and oxygen atoms in total. The van der Waals surface area contributed by atoms with Crippen LogP contribution in [-0.2, 0) is 0 Å². The van der Waals surface area contributed by atoms with Gasteiger partial charge in [-0.05, 0) is 76.2 Å². The van der Waals surface area contributed by atoms with Gasteiger partial charge in [0, 0.05) is 33.1 Å². The lowest BCUT2D eigenvalue weighted by Crippen LogP contribution is -2.10. The first kappa shape index (κ1) is 11.9. The minimum absolute atomic E-state index is 0.420. The number of fused-ring (bicyclic) bond motifs is 6. The first-order chi connectivity index (χ1) is 37.8. The topological polar surface area (TPSA) is 29.5 Å². The van der Waals surface area contributed by atoms with Crippen molar-refractivity contribution in [3.63, 3.8) is 0 Å². The molecule has 0 N–H and O–H groups in total. The zero-order valence-corrected chi connectivity index (χ0v) is 25.3. The monoisotopic (exact) mass is 683 g/mol. The second-order valence-electron chi connectivity index (χ2n) is 10.6. The lowest BCUT2D eigenvalue weighted by Gasteiger charge is -2.26. The number of benzene rings is 8. The molecule has 0 aliphatic carbocycles. The van der Waals surface area contributed by atoms with Crippen LogP contribution >= 0.6 is 0 Å². The molecular weight excluding hydrogens is 623 g/mol. The lowest BCUT2D eigenvalue weighted by molar-refractivity contribution is 0.664. The van der Waals surface area contributed by atoms with E-state index in [1.165, 1.54) is 0 Å². The van der Waals surface area contributed by atoms with Gasteiger partial charge in [-0.1, -0.05) is 139 Å². The van der Waals surface area contributed by atoms with Crippen molar-refractivity contribution in [3.05, 3.63) is 187 Å². The number of nitrogens with zero attached hydrogens (tertiary/aromatic N) is 1. The van der Waals surface area contributed by atoms with Crippen molar-refractivity contribution in [1.29, 1.82) is 0 Å². The van der Waals surface area contributed by atoms with E-state index in [4.69, 9.17) is 33.5 Å². The van der Waals surface area contributed by atoms with Crippen LogP contribution < -0.4 is 4.90 Å². The standard InChI is InChI=1S/C48H31NO2/c1-4-13-32(14-5-1)34-23-27-37(28-24-34)49(38-29-25-35(26-30-38)33-15-6-2-7-16-33)41-20-12-22-43-46(41)40-31-44-47(39-19-10-11-21-42(39)50-44)45(48(40)51-43)36-17-8-3-9-18-36/h1-31H/i1D,2D,3D,4D,5D,6D,7D,8D,9D,10D,11D,12D,13D,14D,15D,17D,18D,19D,20D,21D,22D,23D,24D,25D,26D,27D,28D,29D,30D,31D. The van der Waals surface area contributed by atoms with Gasteiger partial charge < -0.3 is 13.7 Å². The third-order valence-corrected chi connectivity index (χ3v) is 7.76. The molecule has 0 aliphatic heterocycles. The Kier molecular flexibility index (Phi) is 2.78. The second-order valence-corrected chi connectivity index (χ2v) is 10.6. The van der Waals surface area contributed by atoms with Gasteiger partial charge in [0.05, 0.1) is 52.2 Å². The van der Waals surface area contributed by atoms with Gasteiger partial charge in [0.25, 0.3) is 0 Å². The molecule has 0 saturated carbocycles. The third kappa shape index (κ3) is 4.90. The summed E-state index contributed by atoms with van der Waals surface area (Å²) in [5.74, 6) is 0. The Morgan fingerprint density at radius 2 is 0.961 bits per heavy atom. The molecule has 10 aromatic rings. The van der Waals surface area contributed by atoms with E-state index in [1.807, 2.05) is 0 Å². The summed E-state index contributed by atoms with van der Waals surface area (Å²) in [7, 11) is 0. The van der Waals surface area contributed by atoms with Crippen LogP contribution in [0.2, 0.25) is 0 Å². The van der Waals surface area contributed by atoms with E-state index in [-0.39, 0.29) is 0 Å². The quantitative estimate of drug-likeness (QED) is 0.175. The Bertz CT molecular complexity index is 4490. The Labute approximate surface area is 337 Å². The van der Waals surface area contributed by atoms with Crippen molar-refractivity contribution >= 4 is 60.9 Å². The summed E-state index contributed by atoms with van der Waals surface area (Å²) >= 11 is 0. The molecule has 0 aliphatic rings. The van der Waals surface area contributed by atoms with Gasteiger partial charge in [-0.3, -0.25) is 0 Å². The van der Waals surface area contributed by atoms with Crippen molar-refractivity contribution in [2.75, 3.05) is 4.90 Å². The molecule has 10 rings (SSSR count). The highest BCUT2D eigenvalue weighted by Gasteiger charge is 2.24. The number of anilines is 3. The number of para-hydroxylation sites is 1. The summed E-state index contributed by atoms with van der Waals surface area (Å²) in [6.45, 7) is 0. The Morgan fingerprint density at radius 1 is 0.392 bits per heavy atom. The van der Waals surface area contributed by atoms with Crippen LogP contribution in [0.1, 0.15) is 41.1 Å². The van der Waals surface area contributed by atoms with Crippen LogP contribution in [-0.4, -0.2) is 0 Å². The van der Waals surface area contributed by atoms with Gasteiger partial charge in [0.15, 0.2) is 0 Å². The fourth-order valence-electron chi connectivity index (χ4n) is 5.62. The van der Waals surface area contributed by atoms with Gasteiger partial charge in [-0.15, -0.1) is 0 Å². The summed E-state index contributed by atoms with van der Waals surface area (Å²) in [5.41, 5.74) is -10.6. The molecule has 0 spiro atoms. The largest absolute Gasteiger partial charge is 0.456 e. The van der Waals surface area contributed by atoms with Crippen LogP contribution in [0.4, 0.5) is 17.1 Å². The highest BCUT2D eigenvalue weighted by Crippen LogP contribution is 2.49. The molecule has 0 fully saturated rings. The molecule has 0 atom stereocenters. The smallest absolute Gasteiger partial charge is 0.144 e. The predicted molar refractivity (Wildman–Crippen MR) is 212 cm³/mol. The van der Waals surface area contributed by atoms with E-state index in [1.54, 1.807) is 0 Å². The molecule has 0 amide bonds. The van der Waals surface area contributed by atoms with Crippen LogP contribution in [0, 0.1) is 0 Å².